The van der Waals surface area contributed by atoms with Crippen LogP contribution in [0.2, 0.25) is 0 Å². The molecule has 1 unspecified atom stereocenters. The fourth-order valence-electron chi connectivity index (χ4n) is 1.86. The zero-order valence-electron chi connectivity index (χ0n) is 9.23. The number of benzene rings is 1. The maximum absolute atomic E-state index is 11.6. The lowest BCUT2D eigenvalue weighted by Crippen LogP contribution is -2.27. The maximum Gasteiger partial charge on any atom is 0.314 e. The van der Waals surface area contributed by atoms with Gasteiger partial charge in [-0.15, -0.1) is 6.58 Å². The molecule has 1 atom stereocenters. The minimum absolute atomic E-state index is 0.114. The van der Waals surface area contributed by atoms with E-state index in [4.69, 9.17) is 9.47 Å². The minimum atomic E-state index is -0.169. The maximum atomic E-state index is 11.6. The summed E-state index contributed by atoms with van der Waals surface area (Å²) in [5.41, 5.74) is 1.02. The molecular weight excluding hydrogens is 204 g/mol. The number of allylic oxidation sites excluding steroid dienone is 1. The van der Waals surface area contributed by atoms with E-state index < -0.39 is 0 Å². The van der Waals surface area contributed by atoms with Gasteiger partial charge in [-0.3, -0.25) is 4.79 Å². The Morgan fingerprint density at radius 3 is 3.12 bits per heavy atom. The standard InChI is InChI=1S/C13H14O3/c1-3-4-9-7-10-8-11(15-2)5-6-12(10)16-13(9)14/h3,5-6,8-9H,1,4,7H2,2H3. The third-order valence-electron chi connectivity index (χ3n) is 2.73. The van der Waals surface area contributed by atoms with Gasteiger partial charge in [0.05, 0.1) is 13.0 Å². The quantitative estimate of drug-likeness (QED) is 0.444. The molecule has 1 aliphatic heterocycles. The molecule has 3 nitrogen and oxygen atoms in total. The van der Waals surface area contributed by atoms with Crippen LogP contribution in [0.5, 0.6) is 11.5 Å². The SMILES string of the molecule is C=CCC1Cc2cc(OC)ccc2OC1=O. The van der Waals surface area contributed by atoms with Gasteiger partial charge < -0.3 is 9.47 Å². The van der Waals surface area contributed by atoms with E-state index in [0.717, 1.165) is 11.3 Å². The summed E-state index contributed by atoms with van der Waals surface area (Å²) in [6, 6.07) is 5.48. The van der Waals surface area contributed by atoms with Crippen molar-refractivity contribution in [1.29, 1.82) is 0 Å². The Bertz CT molecular complexity index is 423. The van der Waals surface area contributed by atoms with Gasteiger partial charge in [-0.1, -0.05) is 6.08 Å². The van der Waals surface area contributed by atoms with Crippen LogP contribution >= 0.6 is 0 Å². The van der Waals surface area contributed by atoms with E-state index >= 15 is 0 Å². The molecule has 0 radical (unpaired) electrons. The molecular formula is C13H14O3. The number of ether oxygens (including phenoxy) is 2. The average Bonchev–Trinajstić information content (AvgIpc) is 2.30. The Morgan fingerprint density at radius 1 is 1.62 bits per heavy atom. The van der Waals surface area contributed by atoms with E-state index in [1.165, 1.54) is 0 Å². The van der Waals surface area contributed by atoms with Crippen LogP contribution in [0.3, 0.4) is 0 Å². The highest BCUT2D eigenvalue weighted by Crippen LogP contribution is 2.32. The molecule has 2 rings (SSSR count). The van der Waals surface area contributed by atoms with E-state index in [0.29, 0.717) is 18.6 Å². The molecule has 16 heavy (non-hydrogen) atoms. The monoisotopic (exact) mass is 218 g/mol. The number of methoxy groups -OCH3 is 1. The van der Waals surface area contributed by atoms with Crippen LogP contribution in [0, 0.1) is 5.92 Å². The van der Waals surface area contributed by atoms with Gasteiger partial charge in [-0.25, -0.2) is 0 Å². The van der Waals surface area contributed by atoms with Crippen molar-refractivity contribution in [3.8, 4) is 11.5 Å². The van der Waals surface area contributed by atoms with Crippen LogP contribution in [0.25, 0.3) is 0 Å². The number of carbonyl (C=O) groups excluding carboxylic acids is 1. The van der Waals surface area contributed by atoms with E-state index in [9.17, 15) is 4.79 Å². The van der Waals surface area contributed by atoms with Crippen molar-refractivity contribution in [3.63, 3.8) is 0 Å². The number of esters is 1. The largest absolute Gasteiger partial charge is 0.497 e. The first-order valence-electron chi connectivity index (χ1n) is 5.24. The first-order valence-corrected chi connectivity index (χ1v) is 5.24. The second kappa shape index (κ2) is 4.39. The summed E-state index contributed by atoms with van der Waals surface area (Å²) in [4.78, 5) is 11.6. The third kappa shape index (κ3) is 1.94. The first-order chi connectivity index (χ1) is 7.74. The van der Waals surface area contributed by atoms with Crippen molar-refractivity contribution in [2.24, 2.45) is 5.92 Å². The highest BCUT2D eigenvalue weighted by atomic mass is 16.5. The summed E-state index contributed by atoms with van der Waals surface area (Å²) < 4.78 is 10.4. The van der Waals surface area contributed by atoms with Crippen LogP contribution in [0.4, 0.5) is 0 Å². The van der Waals surface area contributed by atoms with Gasteiger partial charge in [0.25, 0.3) is 0 Å². The molecule has 0 saturated heterocycles. The Hall–Kier alpha value is -1.77. The van der Waals surface area contributed by atoms with Crippen molar-refractivity contribution in [2.75, 3.05) is 7.11 Å². The summed E-state index contributed by atoms with van der Waals surface area (Å²) in [7, 11) is 1.62. The molecule has 0 spiro atoms. The van der Waals surface area contributed by atoms with Crippen LogP contribution in [-0.2, 0) is 11.2 Å². The van der Waals surface area contributed by atoms with Gasteiger partial charge in [0.1, 0.15) is 11.5 Å². The lowest BCUT2D eigenvalue weighted by atomic mass is 9.93. The number of carbonyl (C=O) groups is 1. The Kier molecular flexibility index (Phi) is 2.95. The topological polar surface area (TPSA) is 35.5 Å². The zero-order valence-corrected chi connectivity index (χ0v) is 9.23. The van der Waals surface area contributed by atoms with Crippen molar-refractivity contribution in [3.05, 3.63) is 36.4 Å². The normalized spacial score (nSPS) is 18.6. The average molecular weight is 218 g/mol. The number of hydrogen-bond acceptors (Lipinski definition) is 3. The van der Waals surface area contributed by atoms with E-state index in [1.807, 2.05) is 6.07 Å². The molecule has 0 aliphatic carbocycles. The predicted molar refractivity (Wildman–Crippen MR) is 60.6 cm³/mol. The smallest absolute Gasteiger partial charge is 0.314 e. The second-order valence-electron chi connectivity index (χ2n) is 3.82. The molecule has 84 valence electrons. The summed E-state index contributed by atoms with van der Waals surface area (Å²) in [6.45, 7) is 3.65. The van der Waals surface area contributed by atoms with E-state index in [1.54, 1.807) is 25.3 Å². The van der Waals surface area contributed by atoms with Gasteiger partial charge in [0.2, 0.25) is 0 Å². The molecule has 1 heterocycles. The summed E-state index contributed by atoms with van der Waals surface area (Å²) in [5, 5.41) is 0. The lowest BCUT2D eigenvalue weighted by molar-refractivity contribution is -0.140. The molecule has 0 fully saturated rings. The lowest BCUT2D eigenvalue weighted by Gasteiger charge is -2.22. The molecule has 0 aromatic heterocycles. The predicted octanol–water partition coefficient (Wildman–Crippen LogP) is 2.35. The van der Waals surface area contributed by atoms with Crippen LogP contribution in [0.1, 0.15) is 12.0 Å². The fraction of sp³-hybridized carbons (Fsp3) is 0.308. The Labute approximate surface area is 94.7 Å². The van der Waals surface area contributed by atoms with Crippen LogP contribution in [-0.4, -0.2) is 13.1 Å². The summed E-state index contributed by atoms with van der Waals surface area (Å²) in [6.07, 6.45) is 3.09. The van der Waals surface area contributed by atoms with Gasteiger partial charge in [-0.05, 0) is 36.6 Å². The van der Waals surface area contributed by atoms with Gasteiger partial charge in [0.15, 0.2) is 0 Å². The molecule has 0 saturated carbocycles. The molecule has 1 aromatic carbocycles. The van der Waals surface area contributed by atoms with E-state index in [2.05, 4.69) is 6.58 Å². The van der Waals surface area contributed by atoms with Crippen LogP contribution < -0.4 is 9.47 Å². The summed E-state index contributed by atoms with van der Waals surface area (Å²) >= 11 is 0. The second-order valence-corrected chi connectivity index (χ2v) is 3.82. The molecule has 1 aromatic rings. The van der Waals surface area contributed by atoms with Crippen molar-refractivity contribution in [1.82, 2.24) is 0 Å². The highest BCUT2D eigenvalue weighted by Gasteiger charge is 2.27. The molecule has 1 aliphatic rings. The van der Waals surface area contributed by atoms with Gasteiger partial charge in [0, 0.05) is 0 Å². The first kappa shape index (κ1) is 10.7. The Morgan fingerprint density at radius 2 is 2.44 bits per heavy atom. The van der Waals surface area contributed by atoms with Crippen LogP contribution in [0.15, 0.2) is 30.9 Å². The van der Waals surface area contributed by atoms with Crippen molar-refractivity contribution in [2.45, 2.75) is 12.8 Å². The zero-order chi connectivity index (χ0) is 11.5. The Balaban J connectivity index is 2.28. The molecule has 0 N–H and O–H groups in total. The number of fused-ring (bicyclic) bond motifs is 1. The molecule has 0 amide bonds. The third-order valence-corrected chi connectivity index (χ3v) is 2.73. The minimum Gasteiger partial charge on any atom is -0.497 e. The summed E-state index contributed by atoms with van der Waals surface area (Å²) in [5.74, 6) is 1.15. The number of hydrogen-bond donors (Lipinski definition) is 0. The fourth-order valence-corrected chi connectivity index (χ4v) is 1.86. The molecule has 0 bridgehead atoms. The van der Waals surface area contributed by atoms with E-state index in [-0.39, 0.29) is 11.9 Å². The molecule has 3 heteroatoms. The van der Waals surface area contributed by atoms with Crippen molar-refractivity contribution >= 4 is 5.97 Å². The van der Waals surface area contributed by atoms with Crippen molar-refractivity contribution < 1.29 is 14.3 Å². The van der Waals surface area contributed by atoms with Gasteiger partial charge in [-0.2, -0.15) is 0 Å². The number of rotatable bonds is 3. The van der Waals surface area contributed by atoms with Gasteiger partial charge >= 0.3 is 5.97 Å². The highest BCUT2D eigenvalue weighted by molar-refractivity contribution is 5.78.